The second-order valence-corrected chi connectivity index (χ2v) is 5.95. The largest absolute Gasteiger partial charge is 0.298 e. The number of aldehydes is 1. The van der Waals surface area contributed by atoms with Crippen LogP contribution < -0.4 is 5.56 Å². The standard InChI is InChI=1S/C16H10N6O2S/c23-10-12-14(17-13-8-4-5-9-21(13)15(12)24)25-16-18-19-20-22(16)11-6-2-1-3-7-11/h1-10H. The molecule has 4 rings (SSSR count). The molecule has 0 unspecified atom stereocenters. The fourth-order valence-electron chi connectivity index (χ4n) is 2.32. The predicted octanol–water partition coefficient (Wildman–Crippen LogP) is 1.63. The van der Waals surface area contributed by atoms with Gasteiger partial charge in [0.15, 0.2) is 6.29 Å². The van der Waals surface area contributed by atoms with Gasteiger partial charge in [0.05, 0.1) is 5.69 Å². The molecule has 9 heteroatoms. The van der Waals surface area contributed by atoms with Crippen LogP contribution in [0.2, 0.25) is 0 Å². The molecule has 3 aromatic heterocycles. The smallest absolute Gasteiger partial charge is 0.269 e. The molecule has 0 amide bonds. The zero-order valence-electron chi connectivity index (χ0n) is 12.7. The summed E-state index contributed by atoms with van der Waals surface area (Å²) in [6.45, 7) is 0. The van der Waals surface area contributed by atoms with Gasteiger partial charge in [0.2, 0.25) is 5.16 Å². The monoisotopic (exact) mass is 350 g/mol. The minimum absolute atomic E-state index is 0.0312. The van der Waals surface area contributed by atoms with E-state index in [2.05, 4.69) is 20.5 Å². The Morgan fingerprint density at radius 1 is 1.04 bits per heavy atom. The van der Waals surface area contributed by atoms with Gasteiger partial charge in [0, 0.05) is 6.20 Å². The van der Waals surface area contributed by atoms with Crippen LogP contribution in [0.15, 0.2) is 69.7 Å². The normalized spacial score (nSPS) is 10.9. The Kier molecular flexibility index (Phi) is 3.82. The number of rotatable bonds is 4. The fraction of sp³-hybridized carbons (Fsp3) is 0. The van der Waals surface area contributed by atoms with Crippen molar-refractivity contribution < 1.29 is 4.79 Å². The van der Waals surface area contributed by atoms with Crippen LogP contribution >= 0.6 is 11.8 Å². The first-order chi connectivity index (χ1) is 12.3. The molecule has 122 valence electrons. The van der Waals surface area contributed by atoms with Gasteiger partial charge < -0.3 is 0 Å². The SMILES string of the molecule is O=Cc1c(Sc2nnnn2-c2ccccc2)nc2ccccn2c1=O. The van der Waals surface area contributed by atoms with Gasteiger partial charge in [-0.25, -0.2) is 4.98 Å². The van der Waals surface area contributed by atoms with Gasteiger partial charge >= 0.3 is 0 Å². The Labute approximate surface area is 145 Å². The number of fused-ring (bicyclic) bond motifs is 1. The maximum Gasteiger partial charge on any atom is 0.269 e. The number of carbonyl (C=O) groups is 1. The van der Waals surface area contributed by atoms with E-state index < -0.39 is 5.56 Å². The first kappa shape index (κ1) is 15.2. The van der Waals surface area contributed by atoms with Crippen LogP contribution in [-0.4, -0.2) is 35.9 Å². The third-order valence-corrected chi connectivity index (χ3v) is 4.42. The van der Waals surface area contributed by atoms with Crippen LogP contribution in [0.5, 0.6) is 0 Å². The van der Waals surface area contributed by atoms with Gasteiger partial charge in [-0.1, -0.05) is 24.3 Å². The molecule has 3 heterocycles. The first-order valence-electron chi connectivity index (χ1n) is 7.26. The zero-order chi connectivity index (χ0) is 17.2. The zero-order valence-corrected chi connectivity index (χ0v) is 13.5. The predicted molar refractivity (Wildman–Crippen MR) is 90.1 cm³/mol. The fourth-order valence-corrected chi connectivity index (χ4v) is 3.18. The maximum absolute atomic E-state index is 12.5. The van der Waals surface area contributed by atoms with Crippen molar-refractivity contribution in [2.45, 2.75) is 10.2 Å². The van der Waals surface area contributed by atoms with Crippen molar-refractivity contribution >= 4 is 23.7 Å². The lowest BCUT2D eigenvalue weighted by Crippen LogP contribution is -2.20. The Bertz CT molecular complexity index is 1120. The van der Waals surface area contributed by atoms with Gasteiger partial charge in [-0.05, 0) is 46.5 Å². The van der Waals surface area contributed by atoms with Gasteiger partial charge in [-0.2, -0.15) is 4.68 Å². The van der Waals surface area contributed by atoms with Crippen molar-refractivity contribution in [3.8, 4) is 5.69 Å². The number of pyridine rings is 1. The molecule has 0 aliphatic rings. The molecule has 0 saturated carbocycles. The van der Waals surface area contributed by atoms with E-state index in [9.17, 15) is 9.59 Å². The molecule has 4 aromatic rings. The topological polar surface area (TPSA) is 95.0 Å². The van der Waals surface area contributed by atoms with E-state index in [1.807, 2.05) is 30.3 Å². The molecule has 0 N–H and O–H groups in total. The molecular formula is C16H10N6O2S. The number of hydrogen-bond donors (Lipinski definition) is 0. The van der Waals surface area contributed by atoms with Crippen molar-refractivity contribution in [1.82, 2.24) is 29.6 Å². The summed E-state index contributed by atoms with van der Waals surface area (Å²) in [7, 11) is 0. The van der Waals surface area contributed by atoms with E-state index >= 15 is 0 Å². The van der Waals surface area contributed by atoms with Crippen molar-refractivity contribution in [3.63, 3.8) is 0 Å². The Morgan fingerprint density at radius 3 is 2.64 bits per heavy atom. The lowest BCUT2D eigenvalue weighted by molar-refractivity contribution is 0.111. The second-order valence-electron chi connectivity index (χ2n) is 4.99. The van der Waals surface area contributed by atoms with Crippen LogP contribution in [0.3, 0.4) is 0 Å². The molecule has 0 atom stereocenters. The molecule has 0 spiro atoms. The Balaban J connectivity index is 1.84. The van der Waals surface area contributed by atoms with Crippen molar-refractivity contribution in [2.75, 3.05) is 0 Å². The van der Waals surface area contributed by atoms with Crippen LogP contribution in [0.1, 0.15) is 10.4 Å². The van der Waals surface area contributed by atoms with E-state index in [0.29, 0.717) is 17.1 Å². The van der Waals surface area contributed by atoms with Crippen LogP contribution in [0, 0.1) is 0 Å². The second kappa shape index (κ2) is 6.29. The molecule has 0 fully saturated rings. The first-order valence-corrected chi connectivity index (χ1v) is 8.08. The summed E-state index contributed by atoms with van der Waals surface area (Å²) in [5.74, 6) is 0. The summed E-state index contributed by atoms with van der Waals surface area (Å²) in [6.07, 6.45) is 2.08. The van der Waals surface area contributed by atoms with Gasteiger partial charge in [-0.15, -0.1) is 5.10 Å². The van der Waals surface area contributed by atoms with E-state index in [0.717, 1.165) is 17.4 Å². The van der Waals surface area contributed by atoms with Crippen LogP contribution in [0.25, 0.3) is 11.3 Å². The average Bonchev–Trinajstić information content (AvgIpc) is 3.11. The third kappa shape index (κ3) is 2.70. The van der Waals surface area contributed by atoms with Crippen molar-refractivity contribution in [1.29, 1.82) is 0 Å². The minimum atomic E-state index is -0.429. The summed E-state index contributed by atoms with van der Waals surface area (Å²) in [4.78, 5) is 28.3. The van der Waals surface area contributed by atoms with E-state index in [4.69, 9.17) is 0 Å². The van der Waals surface area contributed by atoms with Crippen molar-refractivity contribution in [3.05, 3.63) is 70.6 Å². The highest BCUT2D eigenvalue weighted by atomic mass is 32.2. The Hall–Kier alpha value is -3.33. The molecule has 0 aliphatic carbocycles. The Morgan fingerprint density at radius 2 is 1.84 bits per heavy atom. The summed E-state index contributed by atoms with van der Waals surface area (Å²) < 4.78 is 2.85. The van der Waals surface area contributed by atoms with E-state index in [1.165, 1.54) is 9.08 Å². The highest BCUT2D eigenvalue weighted by Crippen LogP contribution is 2.26. The molecule has 25 heavy (non-hydrogen) atoms. The highest BCUT2D eigenvalue weighted by molar-refractivity contribution is 7.99. The highest BCUT2D eigenvalue weighted by Gasteiger charge is 2.17. The summed E-state index contributed by atoms with van der Waals surface area (Å²) >= 11 is 1.07. The molecule has 0 bridgehead atoms. The molecule has 0 radical (unpaired) electrons. The third-order valence-electron chi connectivity index (χ3n) is 3.48. The van der Waals surface area contributed by atoms with Gasteiger partial charge in [0.1, 0.15) is 16.2 Å². The lowest BCUT2D eigenvalue weighted by atomic mass is 10.3. The minimum Gasteiger partial charge on any atom is -0.298 e. The summed E-state index contributed by atoms with van der Waals surface area (Å²) in [5, 5.41) is 12.3. The van der Waals surface area contributed by atoms with Gasteiger partial charge in [-0.3, -0.25) is 14.0 Å². The number of hydrogen-bond acceptors (Lipinski definition) is 7. The van der Waals surface area contributed by atoms with Gasteiger partial charge in [0.25, 0.3) is 5.56 Å². The number of carbonyl (C=O) groups excluding carboxylic acids is 1. The molecule has 1 aromatic carbocycles. The van der Waals surface area contributed by atoms with Crippen LogP contribution in [0.4, 0.5) is 0 Å². The number of benzene rings is 1. The molecule has 0 saturated heterocycles. The number of nitrogens with zero attached hydrogens (tertiary/aromatic N) is 6. The summed E-state index contributed by atoms with van der Waals surface area (Å²) in [5.41, 5.74) is 0.748. The van der Waals surface area contributed by atoms with E-state index in [1.54, 1.807) is 24.4 Å². The number of tetrazole rings is 1. The van der Waals surface area contributed by atoms with Crippen LogP contribution in [-0.2, 0) is 0 Å². The molecule has 0 aliphatic heterocycles. The summed E-state index contributed by atoms with van der Waals surface area (Å²) in [6, 6.07) is 14.5. The lowest BCUT2D eigenvalue weighted by Gasteiger charge is -2.07. The quantitative estimate of drug-likeness (QED) is 0.408. The number of para-hydroxylation sites is 1. The average molecular weight is 350 g/mol. The molecular weight excluding hydrogens is 340 g/mol. The molecule has 8 nitrogen and oxygen atoms in total. The number of aromatic nitrogens is 6. The van der Waals surface area contributed by atoms with Crippen molar-refractivity contribution in [2.24, 2.45) is 0 Å². The maximum atomic E-state index is 12.5. The van der Waals surface area contributed by atoms with E-state index in [-0.39, 0.29) is 10.6 Å².